The molecule has 5 heteroatoms. The van der Waals surface area contributed by atoms with Gasteiger partial charge in [-0.2, -0.15) is 0 Å². The molecule has 4 nitrogen and oxygen atoms in total. The molecule has 2 aromatic heterocycles. The molecule has 0 atom stereocenters. The van der Waals surface area contributed by atoms with Gasteiger partial charge in [0.05, 0.1) is 11.3 Å². The van der Waals surface area contributed by atoms with E-state index >= 15 is 0 Å². The van der Waals surface area contributed by atoms with Gasteiger partial charge in [-0.15, -0.1) is 11.3 Å². The SMILES string of the molecule is Cc1ccc(NC(=O)c2c(-n3c(C)cc(C=Nc4cc(C)ccc4C)c3C)sc3c2CCCC3)cc1. The highest BCUT2D eigenvalue weighted by atomic mass is 32.1. The van der Waals surface area contributed by atoms with Crippen LogP contribution in [0.15, 0.2) is 53.5 Å². The molecule has 0 bridgehead atoms. The molecule has 1 N–H and O–H groups in total. The Morgan fingerprint density at radius 1 is 0.944 bits per heavy atom. The Bertz CT molecular complexity index is 1470. The van der Waals surface area contributed by atoms with Gasteiger partial charge in [0.2, 0.25) is 0 Å². The minimum atomic E-state index is -0.0219. The number of rotatable bonds is 5. The fourth-order valence-electron chi connectivity index (χ4n) is 5.00. The maximum atomic E-state index is 13.7. The fourth-order valence-corrected chi connectivity index (χ4v) is 6.50. The van der Waals surface area contributed by atoms with Crippen LogP contribution in [0.2, 0.25) is 0 Å². The van der Waals surface area contributed by atoms with E-state index in [4.69, 9.17) is 4.99 Å². The minimum Gasteiger partial charge on any atom is -0.322 e. The number of thiophene rings is 1. The van der Waals surface area contributed by atoms with Crippen LogP contribution >= 0.6 is 11.3 Å². The van der Waals surface area contributed by atoms with Crippen molar-refractivity contribution in [3.05, 3.63) is 98.2 Å². The zero-order valence-corrected chi connectivity index (χ0v) is 22.6. The number of carbonyl (C=O) groups is 1. The number of nitrogens with one attached hydrogen (secondary N) is 1. The van der Waals surface area contributed by atoms with Crippen LogP contribution in [0.4, 0.5) is 11.4 Å². The number of carbonyl (C=O) groups excluding carboxylic acids is 1. The summed E-state index contributed by atoms with van der Waals surface area (Å²) in [6, 6.07) is 16.5. The molecule has 4 aromatic rings. The molecule has 0 fully saturated rings. The van der Waals surface area contributed by atoms with Gasteiger partial charge in [0.25, 0.3) is 5.91 Å². The first-order valence-corrected chi connectivity index (χ1v) is 13.5. The van der Waals surface area contributed by atoms with Crippen LogP contribution in [0.3, 0.4) is 0 Å². The van der Waals surface area contributed by atoms with E-state index in [-0.39, 0.29) is 5.91 Å². The standard InChI is InChI=1S/C31H33N3OS/c1-19-11-14-25(15-12-19)33-30(35)29-26-8-6-7-9-28(26)36-31(29)34-22(4)17-24(23(34)5)18-32-27-16-20(2)10-13-21(27)3/h10-18H,6-9H2,1-5H3,(H,33,35). The third kappa shape index (κ3) is 4.68. The van der Waals surface area contributed by atoms with E-state index in [2.05, 4.69) is 68.8 Å². The molecule has 1 amide bonds. The molecule has 0 spiro atoms. The number of benzene rings is 2. The largest absolute Gasteiger partial charge is 0.322 e. The van der Waals surface area contributed by atoms with Gasteiger partial charge in [0.15, 0.2) is 0 Å². The van der Waals surface area contributed by atoms with Crippen molar-refractivity contribution in [2.75, 3.05) is 5.32 Å². The van der Waals surface area contributed by atoms with E-state index in [1.54, 1.807) is 11.3 Å². The van der Waals surface area contributed by atoms with E-state index in [0.717, 1.165) is 63.7 Å². The lowest BCUT2D eigenvalue weighted by molar-refractivity contribution is 0.102. The lowest BCUT2D eigenvalue weighted by Crippen LogP contribution is -2.17. The summed E-state index contributed by atoms with van der Waals surface area (Å²) in [6.07, 6.45) is 6.28. The number of aromatic nitrogens is 1. The van der Waals surface area contributed by atoms with Crippen molar-refractivity contribution < 1.29 is 4.79 Å². The summed E-state index contributed by atoms with van der Waals surface area (Å²) >= 11 is 1.77. The van der Waals surface area contributed by atoms with Gasteiger partial charge in [-0.3, -0.25) is 9.79 Å². The molecule has 36 heavy (non-hydrogen) atoms. The van der Waals surface area contributed by atoms with Gasteiger partial charge in [0.1, 0.15) is 5.00 Å². The number of anilines is 1. The molecule has 184 valence electrons. The van der Waals surface area contributed by atoms with E-state index in [0.29, 0.717) is 0 Å². The number of hydrogen-bond acceptors (Lipinski definition) is 3. The highest BCUT2D eigenvalue weighted by Gasteiger charge is 2.28. The summed E-state index contributed by atoms with van der Waals surface area (Å²) in [4.78, 5) is 19.9. The normalized spacial score (nSPS) is 13.2. The average Bonchev–Trinajstić information content (AvgIpc) is 3.37. The van der Waals surface area contributed by atoms with Gasteiger partial charge in [-0.1, -0.05) is 29.8 Å². The molecule has 2 aromatic carbocycles. The monoisotopic (exact) mass is 495 g/mol. The molecule has 0 radical (unpaired) electrons. The summed E-state index contributed by atoms with van der Waals surface area (Å²) in [6.45, 7) is 10.5. The first kappa shape index (κ1) is 24.3. The zero-order valence-electron chi connectivity index (χ0n) is 21.7. The number of aliphatic imine (C=N–C) groups is 1. The number of amides is 1. The predicted octanol–water partition coefficient (Wildman–Crippen LogP) is 7.96. The Labute approximate surface area is 217 Å². The van der Waals surface area contributed by atoms with Crippen LogP contribution in [0.1, 0.15) is 67.3 Å². The molecular formula is C31H33N3OS. The van der Waals surface area contributed by atoms with Crippen LogP contribution in [0.25, 0.3) is 5.00 Å². The summed E-state index contributed by atoms with van der Waals surface area (Å²) in [5.74, 6) is -0.0219. The van der Waals surface area contributed by atoms with Gasteiger partial charge in [-0.05, 0) is 101 Å². The van der Waals surface area contributed by atoms with Crippen molar-refractivity contribution in [3.63, 3.8) is 0 Å². The van der Waals surface area contributed by atoms with Crippen LogP contribution in [-0.2, 0) is 12.8 Å². The second kappa shape index (κ2) is 9.90. The molecule has 1 aliphatic rings. The second-order valence-corrected chi connectivity index (χ2v) is 11.0. The quantitative estimate of drug-likeness (QED) is 0.280. The Morgan fingerprint density at radius 3 is 2.44 bits per heavy atom. The molecular weight excluding hydrogens is 462 g/mol. The molecule has 0 saturated heterocycles. The number of nitrogens with zero attached hydrogens (tertiary/aromatic N) is 2. The van der Waals surface area contributed by atoms with Crippen molar-refractivity contribution >= 4 is 34.8 Å². The first-order chi connectivity index (χ1) is 17.3. The lowest BCUT2D eigenvalue weighted by atomic mass is 9.95. The molecule has 2 heterocycles. The van der Waals surface area contributed by atoms with E-state index in [9.17, 15) is 4.79 Å². The van der Waals surface area contributed by atoms with Gasteiger partial charge in [0, 0.05) is 33.7 Å². The van der Waals surface area contributed by atoms with Gasteiger partial charge in [-0.25, -0.2) is 0 Å². The average molecular weight is 496 g/mol. The highest BCUT2D eigenvalue weighted by Crippen LogP contribution is 2.39. The number of hydrogen-bond donors (Lipinski definition) is 1. The highest BCUT2D eigenvalue weighted by molar-refractivity contribution is 7.15. The summed E-state index contributed by atoms with van der Waals surface area (Å²) in [7, 11) is 0. The predicted molar refractivity (Wildman–Crippen MR) is 152 cm³/mol. The lowest BCUT2D eigenvalue weighted by Gasteiger charge is -2.14. The molecule has 0 unspecified atom stereocenters. The maximum Gasteiger partial charge on any atom is 0.258 e. The van der Waals surface area contributed by atoms with E-state index < -0.39 is 0 Å². The Balaban J connectivity index is 1.56. The van der Waals surface area contributed by atoms with Crippen molar-refractivity contribution in [3.8, 4) is 5.00 Å². The fraction of sp³-hybridized carbons (Fsp3) is 0.290. The third-order valence-corrected chi connectivity index (χ3v) is 8.35. The van der Waals surface area contributed by atoms with Crippen LogP contribution in [0, 0.1) is 34.6 Å². The van der Waals surface area contributed by atoms with E-state index in [1.807, 2.05) is 30.5 Å². The zero-order chi connectivity index (χ0) is 25.4. The number of aryl methyl sites for hydroxylation is 5. The van der Waals surface area contributed by atoms with Crippen molar-refractivity contribution in [2.45, 2.75) is 60.3 Å². The topological polar surface area (TPSA) is 46.4 Å². The second-order valence-electron chi connectivity index (χ2n) is 9.92. The molecule has 0 aliphatic heterocycles. The third-order valence-electron chi connectivity index (χ3n) is 7.07. The van der Waals surface area contributed by atoms with Crippen molar-refractivity contribution in [2.24, 2.45) is 4.99 Å². The van der Waals surface area contributed by atoms with Crippen LogP contribution in [-0.4, -0.2) is 16.7 Å². The van der Waals surface area contributed by atoms with Crippen LogP contribution in [0.5, 0.6) is 0 Å². The van der Waals surface area contributed by atoms with Gasteiger partial charge < -0.3 is 9.88 Å². The Kier molecular flexibility index (Phi) is 6.67. The van der Waals surface area contributed by atoms with Gasteiger partial charge >= 0.3 is 0 Å². The molecule has 5 rings (SSSR count). The molecule has 0 saturated carbocycles. The van der Waals surface area contributed by atoms with E-state index in [1.165, 1.54) is 28.0 Å². The van der Waals surface area contributed by atoms with Crippen molar-refractivity contribution in [1.82, 2.24) is 4.57 Å². The first-order valence-electron chi connectivity index (χ1n) is 12.6. The Hall–Kier alpha value is -3.44. The smallest absolute Gasteiger partial charge is 0.258 e. The summed E-state index contributed by atoms with van der Waals surface area (Å²) < 4.78 is 2.25. The number of fused-ring (bicyclic) bond motifs is 1. The maximum absolute atomic E-state index is 13.7. The summed E-state index contributed by atoms with van der Waals surface area (Å²) in [5.41, 5.74) is 10.7. The van der Waals surface area contributed by atoms with Crippen molar-refractivity contribution in [1.29, 1.82) is 0 Å². The minimum absolute atomic E-state index is 0.0219. The molecule has 1 aliphatic carbocycles. The van der Waals surface area contributed by atoms with Crippen LogP contribution < -0.4 is 5.32 Å². The Morgan fingerprint density at radius 2 is 1.67 bits per heavy atom. The summed E-state index contributed by atoms with van der Waals surface area (Å²) in [5, 5.41) is 4.18.